The van der Waals surface area contributed by atoms with E-state index in [1.165, 1.54) is 19.3 Å². The van der Waals surface area contributed by atoms with Crippen LogP contribution in [0.15, 0.2) is 0 Å². The molecule has 1 aliphatic carbocycles. The van der Waals surface area contributed by atoms with Gasteiger partial charge in [-0.25, -0.2) is 0 Å². The minimum Gasteiger partial charge on any atom is -0.396 e. The van der Waals surface area contributed by atoms with Gasteiger partial charge in [0.05, 0.1) is 0 Å². The minimum absolute atomic E-state index is 0.290. The number of hydrogen-bond donors (Lipinski definition) is 2. The molecule has 0 radical (unpaired) electrons. The molecule has 2 nitrogen and oxygen atoms in total. The van der Waals surface area contributed by atoms with E-state index in [-0.39, 0.29) is 0 Å². The van der Waals surface area contributed by atoms with Gasteiger partial charge in [-0.15, -0.1) is 0 Å². The number of aliphatic hydroxyl groups excluding tert-OH is 1. The van der Waals surface area contributed by atoms with Gasteiger partial charge >= 0.3 is 0 Å². The van der Waals surface area contributed by atoms with Crippen LogP contribution in [0.2, 0.25) is 0 Å². The molecule has 1 rings (SSSR count). The molecule has 0 heterocycles. The van der Waals surface area contributed by atoms with Crippen molar-refractivity contribution in [1.82, 2.24) is 0 Å². The number of aliphatic hydroxyl groups is 1. The third kappa shape index (κ3) is 3.18. The smallest absolute Gasteiger partial charge is 0.0431 e. The Bertz CT molecular complexity index is 91.3. The van der Waals surface area contributed by atoms with Gasteiger partial charge in [-0.05, 0) is 25.2 Å². The van der Waals surface area contributed by atoms with Gasteiger partial charge in [0.1, 0.15) is 0 Å². The Balaban J connectivity index is 1.91. The van der Waals surface area contributed by atoms with Crippen LogP contribution in [0.5, 0.6) is 0 Å². The first-order chi connectivity index (χ1) is 4.83. The fraction of sp³-hybridized carbons (Fsp3) is 1.00. The lowest BCUT2D eigenvalue weighted by Gasteiger charge is -2.08. The highest BCUT2D eigenvalue weighted by Crippen LogP contribution is 2.33. The van der Waals surface area contributed by atoms with E-state index < -0.39 is 0 Å². The molecule has 1 aliphatic rings. The monoisotopic (exact) mass is 143 g/mol. The molecule has 2 heteroatoms. The lowest BCUT2D eigenvalue weighted by Crippen LogP contribution is -2.20. The largest absolute Gasteiger partial charge is 0.396 e. The van der Waals surface area contributed by atoms with Crippen LogP contribution < -0.4 is 5.73 Å². The molecular formula is C8H17NO. The van der Waals surface area contributed by atoms with Crippen molar-refractivity contribution in [2.45, 2.75) is 38.1 Å². The average Bonchev–Trinajstić information content (AvgIpc) is 2.67. The topological polar surface area (TPSA) is 46.2 Å². The molecule has 1 fully saturated rings. The summed E-state index contributed by atoms with van der Waals surface area (Å²) in [6.07, 6.45) is 5.81. The van der Waals surface area contributed by atoms with E-state index in [9.17, 15) is 0 Å². The average molecular weight is 143 g/mol. The molecule has 0 bridgehead atoms. The quantitative estimate of drug-likeness (QED) is 0.600. The Hall–Kier alpha value is -0.0800. The predicted molar refractivity (Wildman–Crippen MR) is 41.6 cm³/mol. The second kappa shape index (κ2) is 3.94. The van der Waals surface area contributed by atoms with Crippen molar-refractivity contribution >= 4 is 0 Å². The van der Waals surface area contributed by atoms with E-state index in [2.05, 4.69) is 0 Å². The summed E-state index contributed by atoms with van der Waals surface area (Å²) in [6.45, 7) is 0.290. The highest BCUT2D eigenvalue weighted by atomic mass is 16.2. The molecule has 1 atom stereocenters. The summed E-state index contributed by atoms with van der Waals surface area (Å²) in [5.74, 6) is 0.925. The van der Waals surface area contributed by atoms with E-state index in [4.69, 9.17) is 10.8 Å². The molecule has 0 aromatic heterocycles. The van der Waals surface area contributed by atoms with Gasteiger partial charge in [0.2, 0.25) is 0 Å². The van der Waals surface area contributed by atoms with Crippen molar-refractivity contribution in [2.24, 2.45) is 11.7 Å². The molecule has 0 aliphatic heterocycles. The van der Waals surface area contributed by atoms with Crippen molar-refractivity contribution in [3.05, 3.63) is 0 Å². The maximum Gasteiger partial charge on any atom is 0.0431 e. The first-order valence-corrected chi connectivity index (χ1v) is 4.19. The van der Waals surface area contributed by atoms with Crippen LogP contribution in [0.1, 0.15) is 32.1 Å². The first-order valence-electron chi connectivity index (χ1n) is 4.19. The van der Waals surface area contributed by atoms with Crippen LogP contribution in [0.3, 0.4) is 0 Å². The van der Waals surface area contributed by atoms with E-state index >= 15 is 0 Å². The van der Waals surface area contributed by atoms with E-state index in [0.29, 0.717) is 12.6 Å². The van der Waals surface area contributed by atoms with Crippen molar-refractivity contribution < 1.29 is 5.11 Å². The van der Waals surface area contributed by atoms with Crippen molar-refractivity contribution in [2.75, 3.05) is 6.61 Å². The molecule has 0 spiro atoms. The van der Waals surface area contributed by atoms with Crippen molar-refractivity contribution in [3.8, 4) is 0 Å². The van der Waals surface area contributed by atoms with E-state index in [1.807, 2.05) is 0 Å². The summed E-state index contributed by atoms with van der Waals surface area (Å²) in [7, 11) is 0. The Morgan fingerprint density at radius 1 is 1.50 bits per heavy atom. The molecular weight excluding hydrogens is 126 g/mol. The van der Waals surface area contributed by atoms with Gasteiger partial charge in [0, 0.05) is 12.6 Å². The van der Waals surface area contributed by atoms with Gasteiger partial charge in [-0.1, -0.05) is 12.8 Å². The van der Waals surface area contributed by atoms with Crippen LogP contribution in [0, 0.1) is 5.92 Å². The summed E-state index contributed by atoms with van der Waals surface area (Å²) in [5.41, 5.74) is 5.79. The summed E-state index contributed by atoms with van der Waals surface area (Å²) in [6, 6.07) is 0.347. The standard InChI is InChI=1S/C8H17NO/c9-8(2-1-5-10)6-7-3-4-7/h7-8,10H,1-6,9H2. The maximum atomic E-state index is 8.51. The maximum absolute atomic E-state index is 8.51. The van der Waals surface area contributed by atoms with Crippen LogP contribution in [-0.2, 0) is 0 Å². The van der Waals surface area contributed by atoms with E-state index in [1.54, 1.807) is 0 Å². The zero-order chi connectivity index (χ0) is 7.40. The molecule has 0 amide bonds. The van der Waals surface area contributed by atoms with Gasteiger partial charge in [0.15, 0.2) is 0 Å². The van der Waals surface area contributed by atoms with E-state index in [0.717, 1.165) is 18.8 Å². The summed E-state index contributed by atoms with van der Waals surface area (Å²) in [5, 5.41) is 8.51. The third-order valence-corrected chi connectivity index (χ3v) is 2.07. The Labute approximate surface area is 62.4 Å². The number of rotatable bonds is 5. The third-order valence-electron chi connectivity index (χ3n) is 2.07. The molecule has 0 aromatic rings. The highest BCUT2D eigenvalue weighted by Gasteiger charge is 2.23. The fourth-order valence-electron chi connectivity index (χ4n) is 1.25. The molecule has 1 saturated carbocycles. The van der Waals surface area contributed by atoms with Crippen LogP contribution in [0.4, 0.5) is 0 Å². The Morgan fingerprint density at radius 3 is 2.70 bits per heavy atom. The molecule has 60 valence electrons. The van der Waals surface area contributed by atoms with Crippen LogP contribution in [-0.4, -0.2) is 17.8 Å². The predicted octanol–water partition coefficient (Wildman–Crippen LogP) is 0.886. The molecule has 0 saturated heterocycles. The zero-order valence-electron chi connectivity index (χ0n) is 6.42. The number of nitrogens with two attached hydrogens (primary N) is 1. The number of hydrogen-bond acceptors (Lipinski definition) is 2. The summed E-state index contributed by atoms with van der Waals surface area (Å²) < 4.78 is 0. The van der Waals surface area contributed by atoms with Gasteiger partial charge < -0.3 is 10.8 Å². The Kier molecular flexibility index (Phi) is 3.16. The molecule has 0 aromatic carbocycles. The van der Waals surface area contributed by atoms with Gasteiger partial charge in [-0.3, -0.25) is 0 Å². The lowest BCUT2D eigenvalue weighted by molar-refractivity contribution is 0.277. The molecule has 10 heavy (non-hydrogen) atoms. The summed E-state index contributed by atoms with van der Waals surface area (Å²) in [4.78, 5) is 0. The Morgan fingerprint density at radius 2 is 2.20 bits per heavy atom. The van der Waals surface area contributed by atoms with Gasteiger partial charge in [-0.2, -0.15) is 0 Å². The summed E-state index contributed by atoms with van der Waals surface area (Å²) >= 11 is 0. The highest BCUT2D eigenvalue weighted by molar-refractivity contribution is 4.78. The van der Waals surface area contributed by atoms with Crippen LogP contribution >= 0.6 is 0 Å². The molecule has 1 unspecified atom stereocenters. The lowest BCUT2D eigenvalue weighted by atomic mass is 10.1. The fourth-order valence-corrected chi connectivity index (χ4v) is 1.25. The second-order valence-electron chi connectivity index (χ2n) is 3.30. The van der Waals surface area contributed by atoms with Crippen molar-refractivity contribution in [1.29, 1.82) is 0 Å². The first kappa shape index (κ1) is 8.02. The van der Waals surface area contributed by atoms with Crippen LogP contribution in [0.25, 0.3) is 0 Å². The molecule has 3 N–H and O–H groups in total. The van der Waals surface area contributed by atoms with Crippen molar-refractivity contribution in [3.63, 3.8) is 0 Å². The second-order valence-corrected chi connectivity index (χ2v) is 3.30. The normalized spacial score (nSPS) is 21.0. The SMILES string of the molecule is NC(CCCO)CC1CC1. The van der Waals surface area contributed by atoms with Gasteiger partial charge in [0.25, 0.3) is 0 Å². The zero-order valence-corrected chi connectivity index (χ0v) is 6.42. The minimum atomic E-state index is 0.290.